The maximum Gasteiger partial charge on any atom is 0.169 e. The number of hydrogen-bond acceptors (Lipinski definition) is 4. The maximum atomic E-state index is 5.97. The second-order valence-electron chi connectivity index (χ2n) is 4.17. The first-order valence-electron chi connectivity index (χ1n) is 5.83. The van der Waals surface area contributed by atoms with Crippen molar-refractivity contribution in [2.75, 3.05) is 0 Å². The molecule has 0 radical (unpaired) electrons. The van der Waals surface area contributed by atoms with Gasteiger partial charge in [-0.25, -0.2) is 9.97 Å². The largest absolute Gasteiger partial charge is 0.327 e. The van der Waals surface area contributed by atoms with Crippen LogP contribution < -0.4 is 5.73 Å². The molecule has 0 amide bonds. The molecule has 2 heterocycles. The molecule has 0 aromatic carbocycles. The van der Waals surface area contributed by atoms with Crippen LogP contribution in [0.1, 0.15) is 24.7 Å². The van der Waals surface area contributed by atoms with Crippen molar-refractivity contribution in [2.24, 2.45) is 5.73 Å². The van der Waals surface area contributed by atoms with E-state index in [9.17, 15) is 0 Å². The zero-order valence-corrected chi connectivity index (χ0v) is 11.0. The van der Waals surface area contributed by atoms with Crippen molar-refractivity contribution in [3.05, 3.63) is 35.0 Å². The number of thiophene rings is 1. The molecule has 0 saturated heterocycles. The Morgan fingerprint density at radius 3 is 2.88 bits per heavy atom. The molecule has 0 spiro atoms. The summed E-state index contributed by atoms with van der Waals surface area (Å²) in [5.74, 6) is 0.818. The van der Waals surface area contributed by atoms with E-state index < -0.39 is 0 Å². The smallest absolute Gasteiger partial charge is 0.169 e. The lowest BCUT2D eigenvalue weighted by Crippen LogP contribution is -2.22. The van der Waals surface area contributed by atoms with Gasteiger partial charge in [-0.15, -0.1) is 11.3 Å². The third kappa shape index (κ3) is 3.11. The Kier molecular flexibility index (Phi) is 3.86. The van der Waals surface area contributed by atoms with Crippen molar-refractivity contribution < 1.29 is 0 Å². The van der Waals surface area contributed by atoms with Crippen molar-refractivity contribution in [1.29, 1.82) is 0 Å². The minimum Gasteiger partial charge on any atom is -0.327 e. The van der Waals surface area contributed by atoms with E-state index in [2.05, 4.69) is 16.9 Å². The molecule has 1 unspecified atom stereocenters. The van der Waals surface area contributed by atoms with Crippen molar-refractivity contribution in [3.63, 3.8) is 0 Å². The molecule has 0 fully saturated rings. The normalized spacial score (nSPS) is 12.6. The summed E-state index contributed by atoms with van der Waals surface area (Å²) in [5.41, 5.74) is 8.00. The van der Waals surface area contributed by atoms with Crippen LogP contribution in [0, 0.1) is 6.92 Å². The van der Waals surface area contributed by atoms with Gasteiger partial charge in [0.15, 0.2) is 5.82 Å². The van der Waals surface area contributed by atoms with Gasteiger partial charge in [0, 0.05) is 23.9 Å². The fourth-order valence-electron chi connectivity index (χ4n) is 1.67. The Labute approximate surface area is 106 Å². The van der Waals surface area contributed by atoms with E-state index in [0.717, 1.165) is 34.9 Å². The monoisotopic (exact) mass is 247 g/mol. The summed E-state index contributed by atoms with van der Waals surface area (Å²) in [5, 5.41) is 2.04. The number of nitrogens with zero attached hydrogens (tertiary/aromatic N) is 2. The van der Waals surface area contributed by atoms with E-state index in [0.29, 0.717) is 0 Å². The molecular weight excluding hydrogens is 230 g/mol. The van der Waals surface area contributed by atoms with E-state index in [4.69, 9.17) is 5.73 Å². The van der Waals surface area contributed by atoms with E-state index in [-0.39, 0.29) is 6.04 Å². The number of nitrogens with two attached hydrogens (primary N) is 1. The molecule has 2 rings (SSSR count). The van der Waals surface area contributed by atoms with E-state index in [1.807, 2.05) is 30.5 Å². The summed E-state index contributed by atoms with van der Waals surface area (Å²) in [6.07, 6.45) is 1.79. The van der Waals surface area contributed by atoms with Crippen LogP contribution in [0.25, 0.3) is 10.7 Å². The standard InChI is InChI=1S/C13H17N3S/c1-3-10(14)8-11-7-9(2)15-13(16-11)12-5-4-6-17-12/h4-7,10H,3,8,14H2,1-2H3. The van der Waals surface area contributed by atoms with Crippen LogP contribution in [0.5, 0.6) is 0 Å². The first-order valence-corrected chi connectivity index (χ1v) is 6.71. The van der Waals surface area contributed by atoms with Gasteiger partial charge in [-0.1, -0.05) is 13.0 Å². The van der Waals surface area contributed by atoms with Gasteiger partial charge >= 0.3 is 0 Å². The highest BCUT2D eigenvalue weighted by molar-refractivity contribution is 7.13. The number of hydrogen-bond donors (Lipinski definition) is 1. The Morgan fingerprint density at radius 2 is 2.24 bits per heavy atom. The molecule has 2 aromatic heterocycles. The van der Waals surface area contributed by atoms with Gasteiger partial charge in [0.05, 0.1) is 4.88 Å². The average Bonchev–Trinajstić information content (AvgIpc) is 2.81. The summed E-state index contributed by atoms with van der Waals surface area (Å²) in [4.78, 5) is 10.2. The SMILES string of the molecule is CCC(N)Cc1cc(C)nc(-c2cccs2)n1. The molecule has 0 aliphatic rings. The van der Waals surface area contributed by atoms with Crippen molar-refractivity contribution in [1.82, 2.24) is 9.97 Å². The lowest BCUT2D eigenvalue weighted by atomic mass is 10.1. The van der Waals surface area contributed by atoms with Gasteiger partial charge in [0.2, 0.25) is 0 Å². The van der Waals surface area contributed by atoms with Crippen LogP contribution in [0.2, 0.25) is 0 Å². The Hall–Kier alpha value is -1.26. The zero-order chi connectivity index (χ0) is 12.3. The molecule has 0 aliphatic heterocycles. The molecule has 3 nitrogen and oxygen atoms in total. The number of aromatic nitrogens is 2. The maximum absolute atomic E-state index is 5.97. The number of aryl methyl sites for hydroxylation is 1. The van der Waals surface area contributed by atoms with Crippen molar-refractivity contribution in [3.8, 4) is 10.7 Å². The van der Waals surface area contributed by atoms with Crippen LogP contribution in [0.15, 0.2) is 23.6 Å². The van der Waals surface area contributed by atoms with Crippen LogP contribution in [0.4, 0.5) is 0 Å². The molecular formula is C13H17N3S. The van der Waals surface area contributed by atoms with E-state index in [1.165, 1.54) is 0 Å². The van der Waals surface area contributed by atoms with Gasteiger partial charge in [-0.3, -0.25) is 0 Å². The third-order valence-corrected chi connectivity index (χ3v) is 3.51. The highest BCUT2D eigenvalue weighted by Gasteiger charge is 2.08. The summed E-state index contributed by atoms with van der Waals surface area (Å²) in [6.45, 7) is 4.10. The first kappa shape index (κ1) is 12.2. The topological polar surface area (TPSA) is 51.8 Å². The van der Waals surface area contributed by atoms with Crippen molar-refractivity contribution in [2.45, 2.75) is 32.7 Å². The molecule has 0 bridgehead atoms. The molecule has 2 aromatic rings. The first-order chi connectivity index (χ1) is 8.19. The number of rotatable bonds is 4. The van der Waals surface area contributed by atoms with Gasteiger partial charge in [0.25, 0.3) is 0 Å². The summed E-state index contributed by atoms with van der Waals surface area (Å²) >= 11 is 1.66. The molecule has 0 aliphatic carbocycles. The summed E-state index contributed by atoms with van der Waals surface area (Å²) < 4.78 is 0. The van der Waals surface area contributed by atoms with E-state index in [1.54, 1.807) is 11.3 Å². The van der Waals surface area contributed by atoms with Gasteiger partial charge < -0.3 is 5.73 Å². The van der Waals surface area contributed by atoms with E-state index >= 15 is 0 Å². The fourth-order valence-corrected chi connectivity index (χ4v) is 2.32. The summed E-state index contributed by atoms with van der Waals surface area (Å²) in [6, 6.07) is 6.26. The molecule has 2 N–H and O–H groups in total. The highest BCUT2D eigenvalue weighted by atomic mass is 32.1. The lowest BCUT2D eigenvalue weighted by Gasteiger charge is -2.09. The minimum absolute atomic E-state index is 0.181. The van der Waals surface area contributed by atoms with Crippen molar-refractivity contribution >= 4 is 11.3 Å². The van der Waals surface area contributed by atoms with Crippen LogP contribution >= 0.6 is 11.3 Å². The molecule has 1 atom stereocenters. The molecule has 4 heteroatoms. The zero-order valence-electron chi connectivity index (χ0n) is 10.2. The Bertz CT molecular complexity index is 479. The molecule has 0 saturated carbocycles. The third-order valence-electron chi connectivity index (χ3n) is 2.64. The second-order valence-corrected chi connectivity index (χ2v) is 5.12. The quantitative estimate of drug-likeness (QED) is 0.904. The molecule has 90 valence electrons. The van der Waals surface area contributed by atoms with Gasteiger partial charge in [0.1, 0.15) is 0 Å². The highest BCUT2D eigenvalue weighted by Crippen LogP contribution is 2.21. The lowest BCUT2D eigenvalue weighted by molar-refractivity contribution is 0.635. The summed E-state index contributed by atoms with van der Waals surface area (Å²) in [7, 11) is 0. The Morgan fingerprint density at radius 1 is 1.41 bits per heavy atom. The molecule has 17 heavy (non-hydrogen) atoms. The predicted molar refractivity (Wildman–Crippen MR) is 72.1 cm³/mol. The predicted octanol–water partition coefficient (Wildman–Crippen LogP) is 2.79. The van der Waals surface area contributed by atoms with Gasteiger partial charge in [-0.05, 0) is 30.9 Å². The van der Waals surface area contributed by atoms with Crippen LogP contribution in [0.3, 0.4) is 0 Å². The fraction of sp³-hybridized carbons (Fsp3) is 0.385. The van der Waals surface area contributed by atoms with Crippen LogP contribution in [-0.2, 0) is 6.42 Å². The minimum atomic E-state index is 0.181. The Balaban J connectivity index is 2.30. The van der Waals surface area contributed by atoms with Gasteiger partial charge in [-0.2, -0.15) is 0 Å². The van der Waals surface area contributed by atoms with Crippen LogP contribution in [-0.4, -0.2) is 16.0 Å². The average molecular weight is 247 g/mol. The second kappa shape index (κ2) is 5.38.